The molecule has 0 saturated carbocycles. The number of rotatable bonds is 3. The number of nitrogens with zero attached hydrogens (tertiary/aromatic N) is 2. The molecule has 0 amide bonds. The summed E-state index contributed by atoms with van der Waals surface area (Å²) in [4.78, 5) is 8.31. The van der Waals surface area contributed by atoms with Crippen molar-refractivity contribution in [2.45, 2.75) is 13.5 Å². The second kappa shape index (κ2) is 5.61. The molecule has 0 fully saturated rings. The van der Waals surface area contributed by atoms with Gasteiger partial charge in [-0.2, -0.15) is 4.98 Å². The summed E-state index contributed by atoms with van der Waals surface area (Å²) in [5.74, 6) is 0.606. The number of ether oxygens (including phenoxy) is 1. The molecule has 0 unspecified atom stereocenters. The van der Waals surface area contributed by atoms with E-state index in [1.165, 1.54) is 0 Å². The summed E-state index contributed by atoms with van der Waals surface area (Å²) in [7, 11) is 1.69. The fourth-order valence-corrected chi connectivity index (χ4v) is 2.75. The zero-order valence-electron chi connectivity index (χ0n) is 12.6. The molecule has 2 aromatic carbocycles. The molecule has 112 valence electrons. The van der Waals surface area contributed by atoms with Gasteiger partial charge in [-0.1, -0.05) is 24.3 Å². The minimum Gasteiger partial charge on any atom is -0.383 e. The Hall–Kier alpha value is -2.66. The van der Waals surface area contributed by atoms with Crippen LogP contribution in [0.2, 0.25) is 0 Å². The van der Waals surface area contributed by atoms with Crippen molar-refractivity contribution in [1.29, 1.82) is 0 Å². The van der Waals surface area contributed by atoms with Gasteiger partial charge < -0.3 is 16.2 Å². The number of hydrogen-bond acceptors (Lipinski definition) is 5. The van der Waals surface area contributed by atoms with Gasteiger partial charge in [0.05, 0.1) is 12.1 Å². The lowest BCUT2D eigenvalue weighted by atomic mass is 9.96. The number of nitrogens with two attached hydrogens (primary N) is 2. The molecule has 0 aliphatic carbocycles. The minimum atomic E-state index is 0.194. The van der Waals surface area contributed by atoms with Crippen LogP contribution in [-0.4, -0.2) is 17.1 Å². The highest BCUT2D eigenvalue weighted by Crippen LogP contribution is 2.32. The molecule has 1 aromatic heterocycles. The van der Waals surface area contributed by atoms with Crippen molar-refractivity contribution in [1.82, 2.24) is 9.97 Å². The van der Waals surface area contributed by atoms with Gasteiger partial charge in [-0.25, -0.2) is 4.98 Å². The maximum Gasteiger partial charge on any atom is 0.222 e. The van der Waals surface area contributed by atoms with Crippen LogP contribution in [0.3, 0.4) is 0 Å². The van der Waals surface area contributed by atoms with E-state index >= 15 is 0 Å². The second-order valence-electron chi connectivity index (χ2n) is 5.23. The van der Waals surface area contributed by atoms with Crippen LogP contribution in [0.4, 0.5) is 11.8 Å². The third kappa shape index (κ3) is 2.46. The average molecular weight is 294 g/mol. The van der Waals surface area contributed by atoms with E-state index in [0.717, 1.165) is 33.2 Å². The van der Waals surface area contributed by atoms with E-state index in [1.807, 2.05) is 31.2 Å². The lowest BCUT2D eigenvalue weighted by Gasteiger charge is -2.12. The van der Waals surface area contributed by atoms with Crippen molar-refractivity contribution in [3.05, 3.63) is 47.5 Å². The van der Waals surface area contributed by atoms with Crippen LogP contribution >= 0.6 is 0 Å². The molecule has 1 heterocycles. The molecule has 0 saturated heterocycles. The first-order valence-corrected chi connectivity index (χ1v) is 7.00. The quantitative estimate of drug-likeness (QED) is 0.775. The smallest absolute Gasteiger partial charge is 0.222 e. The van der Waals surface area contributed by atoms with Crippen molar-refractivity contribution in [2.24, 2.45) is 0 Å². The van der Waals surface area contributed by atoms with Crippen LogP contribution in [-0.2, 0) is 11.3 Å². The highest BCUT2D eigenvalue weighted by atomic mass is 16.5. The van der Waals surface area contributed by atoms with E-state index in [1.54, 1.807) is 7.11 Å². The van der Waals surface area contributed by atoms with Crippen LogP contribution in [0.25, 0.3) is 22.0 Å². The Kier molecular flexibility index (Phi) is 3.65. The Bertz CT molecular complexity index is 845. The van der Waals surface area contributed by atoms with Crippen molar-refractivity contribution in [3.63, 3.8) is 0 Å². The molecular formula is C17H18N4O. The lowest BCUT2D eigenvalue weighted by Crippen LogP contribution is -2.02. The lowest BCUT2D eigenvalue weighted by molar-refractivity contribution is 0.185. The van der Waals surface area contributed by atoms with Gasteiger partial charge in [0.25, 0.3) is 0 Å². The predicted molar refractivity (Wildman–Crippen MR) is 89.2 cm³/mol. The van der Waals surface area contributed by atoms with Gasteiger partial charge in [0.2, 0.25) is 5.95 Å². The van der Waals surface area contributed by atoms with Crippen LogP contribution in [0, 0.1) is 6.92 Å². The number of fused-ring (bicyclic) bond motifs is 1. The van der Waals surface area contributed by atoms with Crippen molar-refractivity contribution in [3.8, 4) is 11.1 Å². The van der Waals surface area contributed by atoms with E-state index in [0.29, 0.717) is 12.4 Å². The molecule has 0 aliphatic rings. The van der Waals surface area contributed by atoms with Gasteiger partial charge >= 0.3 is 0 Å². The largest absolute Gasteiger partial charge is 0.383 e. The summed E-state index contributed by atoms with van der Waals surface area (Å²) < 4.78 is 5.20. The van der Waals surface area contributed by atoms with Crippen molar-refractivity contribution < 1.29 is 4.74 Å². The molecule has 0 atom stereocenters. The zero-order chi connectivity index (χ0) is 15.7. The molecule has 0 bridgehead atoms. The van der Waals surface area contributed by atoms with E-state index in [4.69, 9.17) is 16.2 Å². The van der Waals surface area contributed by atoms with E-state index < -0.39 is 0 Å². The van der Waals surface area contributed by atoms with Gasteiger partial charge in [0.15, 0.2) is 0 Å². The fraction of sp³-hybridized carbons (Fsp3) is 0.176. The van der Waals surface area contributed by atoms with Crippen LogP contribution in [0.1, 0.15) is 11.1 Å². The van der Waals surface area contributed by atoms with Crippen molar-refractivity contribution in [2.75, 3.05) is 18.6 Å². The summed E-state index contributed by atoms with van der Waals surface area (Å²) in [6, 6.07) is 12.2. The van der Waals surface area contributed by atoms with Gasteiger partial charge in [-0.3, -0.25) is 0 Å². The fourth-order valence-electron chi connectivity index (χ4n) is 2.75. The topological polar surface area (TPSA) is 87.0 Å². The van der Waals surface area contributed by atoms with Gasteiger partial charge in [0.1, 0.15) is 5.82 Å². The van der Waals surface area contributed by atoms with Gasteiger partial charge in [-0.05, 0) is 41.3 Å². The van der Waals surface area contributed by atoms with Crippen LogP contribution in [0.5, 0.6) is 0 Å². The predicted octanol–water partition coefficient (Wildman–Crippen LogP) is 2.92. The number of methoxy groups -OCH3 is 1. The normalized spacial score (nSPS) is 11.0. The molecular weight excluding hydrogens is 276 g/mol. The third-order valence-electron chi connectivity index (χ3n) is 3.72. The minimum absolute atomic E-state index is 0.194. The Morgan fingerprint density at radius 2 is 1.91 bits per heavy atom. The van der Waals surface area contributed by atoms with E-state index in [2.05, 4.69) is 22.1 Å². The molecule has 3 rings (SSSR count). The number of hydrogen-bond donors (Lipinski definition) is 2. The monoisotopic (exact) mass is 294 g/mol. The molecule has 3 aromatic rings. The highest BCUT2D eigenvalue weighted by Gasteiger charge is 2.11. The number of anilines is 2. The second-order valence-corrected chi connectivity index (χ2v) is 5.23. The average Bonchev–Trinajstić information content (AvgIpc) is 2.47. The maximum absolute atomic E-state index is 6.03. The summed E-state index contributed by atoms with van der Waals surface area (Å²) >= 11 is 0. The Morgan fingerprint density at radius 1 is 1.09 bits per heavy atom. The number of aromatic nitrogens is 2. The summed E-state index contributed by atoms with van der Waals surface area (Å²) in [6.07, 6.45) is 0. The molecule has 22 heavy (non-hydrogen) atoms. The molecule has 5 nitrogen and oxygen atoms in total. The number of aryl methyl sites for hydroxylation is 1. The first kappa shape index (κ1) is 14.3. The highest BCUT2D eigenvalue weighted by molar-refractivity contribution is 5.96. The number of nitrogen functional groups attached to an aromatic ring is 2. The van der Waals surface area contributed by atoms with E-state index in [-0.39, 0.29) is 5.95 Å². The standard InChI is InChI=1S/C17H18N4O/c1-10-13(12-5-3-4-11(8-12)9-22-2)6-7-14-15(10)16(18)21-17(19)20-14/h3-8H,9H2,1-2H3,(H4,18,19,20,21). The van der Waals surface area contributed by atoms with Gasteiger partial charge in [-0.15, -0.1) is 0 Å². The molecule has 0 spiro atoms. The van der Waals surface area contributed by atoms with Gasteiger partial charge in [0, 0.05) is 12.5 Å². The first-order chi connectivity index (χ1) is 10.6. The molecule has 0 radical (unpaired) electrons. The van der Waals surface area contributed by atoms with Crippen LogP contribution < -0.4 is 11.5 Å². The van der Waals surface area contributed by atoms with Crippen LogP contribution in [0.15, 0.2) is 36.4 Å². The Balaban J connectivity index is 2.20. The van der Waals surface area contributed by atoms with Crippen molar-refractivity contribution >= 4 is 22.7 Å². The molecule has 5 heteroatoms. The molecule has 0 aliphatic heterocycles. The molecule has 4 N–H and O–H groups in total. The first-order valence-electron chi connectivity index (χ1n) is 7.00. The number of benzene rings is 2. The summed E-state index contributed by atoms with van der Waals surface area (Å²) in [6.45, 7) is 2.61. The third-order valence-corrected chi connectivity index (χ3v) is 3.72. The Morgan fingerprint density at radius 3 is 2.68 bits per heavy atom. The maximum atomic E-state index is 6.03. The summed E-state index contributed by atoms with van der Waals surface area (Å²) in [5.41, 5.74) is 16.8. The van der Waals surface area contributed by atoms with E-state index in [9.17, 15) is 0 Å². The SMILES string of the molecule is COCc1cccc(-c2ccc3nc(N)nc(N)c3c2C)c1. The zero-order valence-corrected chi connectivity index (χ0v) is 12.6. The summed E-state index contributed by atoms with van der Waals surface area (Å²) in [5, 5.41) is 0.851. The Labute approximate surface area is 128 Å².